The summed E-state index contributed by atoms with van der Waals surface area (Å²) in [5, 5.41) is 10.7. The van der Waals surface area contributed by atoms with Gasteiger partial charge in [-0.25, -0.2) is 0 Å². The first-order valence-electron chi connectivity index (χ1n) is 5.91. The van der Waals surface area contributed by atoms with Crippen LogP contribution in [0.15, 0.2) is 18.2 Å². The van der Waals surface area contributed by atoms with Crippen molar-refractivity contribution < 1.29 is 9.72 Å². The second kappa shape index (κ2) is 5.54. The number of nitro benzene ring substituents is 1. The van der Waals surface area contributed by atoms with E-state index < -0.39 is 4.92 Å². The molecule has 0 aromatic heterocycles. The third-order valence-electron chi connectivity index (χ3n) is 3.18. The Morgan fingerprint density at radius 3 is 2.47 bits per heavy atom. The number of amides is 1. The standard InChI is InChI=1S/C12H14ClN3O3/c1-14-4-6-15(7-5-14)12(17)10-3-2-9(16(18)19)8-11(10)13/h2-3,8H,4-7H2,1H3. The summed E-state index contributed by atoms with van der Waals surface area (Å²) in [6, 6.07) is 3.93. The average molecular weight is 284 g/mol. The fourth-order valence-corrected chi connectivity index (χ4v) is 2.23. The largest absolute Gasteiger partial charge is 0.336 e. The van der Waals surface area contributed by atoms with Crippen LogP contribution in [0.25, 0.3) is 0 Å². The van der Waals surface area contributed by atoms with Crippen LogP contribution in [0.3, 0.4) is 0 Å². The van der Waals surface area contributed by atoms with Gasteiger partial charge < -0.3 is 9.80 Å². The highest BCUT2D eigenvalue weighted by Gasteiger charge is 2.23. The van der Waals surface area contributed by atoms with Crippen LogP contribution in [0.2, 0.25) is 5.02 Å². The number of nitro groups is 1. The van der Waals surface area contributed by atoms with Crippen LogP contribution in [0.4, 0.5) is 5.69 Å². The lowest BCUT2D eigenvalue weighted by molar-refractivity contribution is -0.384. The van der Waals surface area contributed by atoms with Crippen molar-refractivity contribution in [2.24, 2.45) is 0 Å². The average Bonchev–Trinajstić information content (AvgIpc) is 2.38. The maximum atomic E-state index is 12.3. The molecule has 0 aliphatic carbocycles. The molecule has 0 N–H and O–H groups in total. The van der Waals surface area contributed by atoms with E-state index >= 15 is 0 Å². The summed E-state index contributed by atoms with van der Waals surface area (Å²) in [6.45, 7) is 2.91. The lowest BCUT2D eigenvalue weighted by atomic mass is 10.1. The number of hydrogen-bond donors (Lipinski definition) is 0. The van der Waals surface area contributed by atoms with E-state index in [4.69, 9.17) is 11.6 Å². The van der Waals surface area contributed by atoms with Crippen LogP contribution < -0.4 is 0 Å². The maximum Gasteiger partial charge on any atom is 0.270 e. The molecule has 19 heavy (non-hydrogen) atoms. The molecule has 2 rings (SSSR count). The van der Waals surface area contributed by atoms with Crippen LogP contribution in [0.1, 0.15) is 10.4 Å². The number of rotatable bonds is 2. The van der Waals surface area contributed by atoms with Gasteiger partial charge in [-0.1, -0.05) is 11.6 Å². The SMILES string of the molecule is CN1CCN(C(=O)c2ccc([N+](=O)[O-])cc2Cl)CC1. The first kappa shape index (κ1) is 13.8. The van der Waals surface area contributed by atoms with Crippen LogP contribution in [0, 0.1) is 10.1 Å². The first-order valence-corrected chi connectivity index (χ1v) is 6.28. The maximum absolute atomic E-state index is 12.3. The number of halogens is 1. The predicted octanol–water partition coefficient (Wildman–Crippen LogP) is 1.64. The number of carbonyl (C=O) groups excluding carboxylic acids is 1. The van der Waals surface area contributed by atoms with Crippen molar-refractivity contribution in [3.05, 3.63) is 38.9 Å². The Bertz CT molecular complexity index is 513. The molecule has 1 aliphatic rings. The van der Waals surface area contributed by atoms with Crippen molar-refractivity contribution in [2.45, 2.75) is 0 Å². The van der Waals surface area contributed by atoms with E-state index in [2.05, 4.69) is 4.90 Å². The van der Waals surface area contributed by atoms with E-state index in [0.29, 0.717) is 18.7 Å². The number of benzene rings is 1. The Balaban J connectivity index is 2.17. The molecule has 1 fully saturated rings. The van der Waals surface area contributed by atoms with Crippen molar-refractivity contribution in [1.82, 2.24) is 9.80 Å². The number of carbonyl (C=O) groups is 1. The van der Waals surface area contributed by atoms with Gasteiger partial charge in [0.05, 0.1) is 15.5 Å². The quantitative estimate of drug-likeness (QED) is 0.611. The molecule has 1 aromatic carbocycles. The normalized spacial score (nSPS) is 16.4. The van der Waals surface area contributed by atoms with Gasteiger partial charge in [0, 0.05) is 38.3 Å². The second-order valence-corrected chi connectivity index (χ2v) is 4.92. The van der Waals surface area contributed by atoms with Crippen LogP contribution in [-0.4, -0.2) is 53.9 Å². The Hall–Kier alpha value is -1.66. The summed E-state index contributed by atoms with van der Waals surface area (Å²) in [5.41, 5.74) is 0.205. The number of hydrogen-bond acceptors (Lipinski definition) is 4. The summed E-state index contributed by atoms with van der Waals surface area (Å²) in [6.07, 6.45) is 0. The topological polar surface area (TPSA) is 66.7 Å². The molecule has 1 aromatic rings. The summed E-state index contributed by atoms with van der Waals surface area (Å²) < 4.78 is 0. The molecule has 0 unspecified atom stereocenters. The monoisotopic (exact) mass is 283 g/mol. The molecule has 1 saturated heterocycles. The minimum Gasteiger partial charge on any atom is -0.336 e. The van der Waals surface area contributed by atoms with Gasteiger partial charge in [-0.05, 0) is 13.1 Å². The number of piperazine rings is 1. The Labute approximate surface area is 115 Å². The predicted molar refractivity (Wildman–Crippen MR) is 71.5 cm³/mol. The van der Waals surface area contributed by atoms with Gasteiger partial charge in [-0.15, -0.1) is 0 Å². The molecule has 102 valence electrons. The van der Waals surface area contributed by atoms with E-state index in [9.17, 15) is 14.9 Å². The van der Waals surface area contributed by atoms with E-state index in [1.165, 1.54) is 18.2 Å². The zero-order valence-corrected chi connectivity index (χ0v) is 11.3. The minimum absolute atomic E-state index is 0.111. The van der Waals surface area contributed by atoms with E-state index in [1.807, 2.05) is 7.05 Å². The van der Waals surface area contributed by atoms with Crippen molar-refractivity contribution in [2.75, 3.05) is 33.2 Å². The summed E-state index contributed by atoms with van der Waals surface area (Å²) in [5.74, 6) is -0.173. The smallest absolute Gasteiger partial charge is 0.270 e. The lowest BCUT2D eigenvalue weighted by Gasteiger charge is -2.32. The van der Waals surface area contributed by atoms with Gasteiger partial charge in [-0.2, -0.15) is 0 Å². The third-order valence-corrected chi connectivity index (χ3v) is 3.50. The molecule has 0 atom stereocenters. The Morgan fingerprint density at radius 2 is 1.95 bits per heavy atom. The van der Waals surface area contributed by atoms with Gasteiger partial charge in [0.1, 0.15) is 0 Å². The zero-order valence-electron chi connectivity index (χ0n) is 10.5. The minimum atomic E-state index is -0.532. The van der Waals surface area contributed by atoms with E-state index in [-0.39, 0.29) is 16.6 Å². The van der Waals surface area contributed by atoms with Crippen LogP contribution in [0.5, 0.6) is 0 Å². The molecule has 1 amide bonds. The summed E-state index contributed by atoms with van der Waals surface area (Å²) >= 11 is 5.95. The van der Waals surface area contributed by atoms with E-state index in [0.717, 1.165) is 13.1 Å². The molecule has 0 radical (unpaired) electrons. The molecule has 0 saturated carbocycles. The van der Waals surface area contributed by atoms with Gasteiger partial charge in [0.15, 0.2) is 0 Å². The highest BCUT2D eigenvalue weighted by Crippen LogP contribution is 2.24. The second-order valence-electron chi connectivity index (χ2n) is 4.52. The van der Waals surface area contributed by atoms with Gasteiger partial charge in [-0.3, -0.25) is 14.9 Å². The number of nitrogens with zero attached hydrogens (tertiary/aromatic N) is 3. The Kier molecular flexibility index (Phi) is 4.01. The van der Waals surface area contributed by atoms with Crippen LogP contribution >= 0.6 is 11.6 Å². The molecule has 0 spiro atoms. The van der Waals surface area contributed by atoms with Crippen molar-refractivity contribution in [3.63, 3.8) is 0 Å². The van der Waals surface area contributed by atoms with Gasteiger partial charge in [0.2, 0.25) is 0 Å². The molecular formula is C12H14ClN3O3. The Morgan fingerprint density at radius 1 is 1.32 bits per heavy atom. The summed E-state index contributed by atoms with van der Waals surface area (Å²) in [7, 11) is 2.00. The number of likely N-dealkylation sites (N-methyl/N-ethyl adjacent to an activating group) is 1. The lowest BCUT2D eigenvalue weighted by Crippen LogP contribution is -2.47. The highest BCUT2D eigenvalue weighted by atomic mass is 35.5. The summed E-state index contributed by atoms with van der Waals surface area (Å²) in [4.78, 5) is 26.2. The highest BCUT2D eigenvalue weighted by molar-refractivity contribution is 6.34. The molecular weight excluding hydrogens is 270 g/mol. The first-order chi connectivity index (χ1) is 8.99. The van der Waals surface area contributed by atoms with Gasteiger partial charge in [0.25, 0.3) is 11.6 Å². The van der Waals surface area contributed by atoms with Crippen molar-refractivity contribution in [3.8, 4) is 0 Å². The molecule has 1 aliphatic heterocycles. The molecule has 7 heteroatoms. The van der Waals surface area contributed by atoms with E-state index in [1.54, 1.807) is 4.90 Å². The zero-order chi connectivity index (χ0) is 14.0. The number of non-ortho nitro benzene ring substituents is 1. The van der Waals surface area contributed by atoms with Crippen molar-refractivity contribution in [1.29, 1.82) is 0 Å². The fraction of sp³-hybridized carbons (Fsp3) is 0.417. The fourth-order valence-electron chi connectivity index (χ4n) is 1.97. The molecule has 0 bridgehead atoms. The third kappa shape index (κ3) is 3.02. The molecule has 1 heterocycles. The molecule has 6 nitrogen and oxygen atoms in total. The van der Waals surface area contributed by atoms with Gasteiger partial charge >= 0.3 is 0 Å². The van der Waals surface area contributed by atoms with Crippen LogP contribution in [-0.2, 0) is 0 Å². The van der Waals surface area contributed by atoms with Crippen molar-refractivity contribution >= 4 is 23.2 Å².